The Morgan fingerprint density at radius 2 is 2.05 bits per heavy atom. The lowest BCUT2D eigenvalue weighted by Gasteiger charge is -2.22. The van der Waals surface area contributed by atoms with Gasteiger partial charge in [-0.1, -0.05) is 19.4 Å². The van der Waals surface area contributed by atoms with Crippen LogP contribution in [0.3, 0.4) is 0 Å². The molecule has 110 valence electrons. The van der Waals surface area contributed by atoms with Crippen molar-refractivity contribution in [3.8, 4) is 5.75 Å². The van der Waals surface area contributed by atoms with Crippen molar-refractivity contribution in [1.82, 2.24) is 4.90 Å². The minimum absolute atomic E-state index is 0.0422. The highest BCUT2D eigenvalue weighted by atomic mass is 16.5. The molecule has 0 aliphatic rings. The van der Waals surface area contributed by atoms with Crippen molar-refractivity contribution in [3.63, 3.8) is 0 Å². The molecule has 0 fully saturated rings. The second-order valence-electron chi connectivity index (χ2n) is 4.52. The van der Waals surface area contributed by atoms with E-state index >= 15 is 0 Å². The first-order chi connectivity index (χ1) is 9.58. The van der Waals surface area contributed by atoms with Crippen molar-refractivity contribution in [2.45, 2.75) is 26.2 Å². The van der Waals surface area contributed by atoms with Gasteiger partial charge in [0.05, 0.1) is 13.5 Å². The Kier molecular flexibility index (Phi) is 6.56. The summed E-state index contributed by atoms with van der Waals surface area (Å²) in [7, 11) is 1.54. The van der Waals surface area contributed by atoms with E-state index in [2.05, 4.69) is 0 Å². The van der Waals surface area contributed by atoms with Gasteiger partial charge in [-0.2, -0.15) is 0 Å². The van der Waals surface area contributed by atoms with E-state index in [-0.39, 0.29) is 18.9 Å². The fourth-order valence-corrected chi connectivity index (χ4v) is 1.83. The van der Waals surface area contributed by atoms with Gasteiger partial charge in [-0.05, 0) is 24.6 Å². The summed E-state index contributed by atoms with van der Waals surface area (Å²) in [5.41, 5.74) is 0.519. The average molecular weight is 279 g/mol. The SMILES string of the molecule is CCCCN(CCC(=O)O)C(=O)c1cccc(OC)c1. The lowest BCUT2D eigenvalue weighted by Crippen LogP contribution is -2.34. The van der Waals surface area contributed by atoms with Crippen molar-refractivity contribution in [3.05, 3.63) is 29.8 Å². The van der Waals surface area contributed by atoms with Crippen LogP contribution in [0, 0.1) is 0 Å². The molecule has 1 rings (SSSR count). The van der Waals surface area contributed by atoms with Crippen molar-refractivity contribution in [1.29, 1.82) is 0 Å². The topological polar surface area (TPSA) is 66.8 Å². The van der Waals surface area contributed by atoms with E-state index in [1.54, 1.807) is 36.3 Å². The Bertz CT molecular complexity index is 459. The minimum atomic E-state index is -0.898. The molecule has 1 amide bonds. The highest BCUT2D eigenvalue weighted by Crippen LogP contribution is 2.15. The number of carboxylic acids is 1. The molecule has 0 bridgehead atoms. The smallest absolute Gasteiger partial charge is 0.305 e. The molecule has 20 heavy (non-hydrogen) atoms. The maximum atomic E-state index is 12.4. The normalized spacial score (nSPS) is 10.1. The molecular formula is C15H21NO4. The van der Waals surface area contributed by atoms with Gasteiger partial charge >= 0.3 is 5.97 Å². The fourth-order valence-electron chi connectivity index (χ4n) is 1.83. The first kappa shape index (κ1) is 16.0. The highest BCUT2D eigenvalue weighted by Gasteiger charge is 2.16. The molecule has 0 saturated carbocycles. The van der Waals surface area contributed by atoms with Crippen LogP contribution in [0.4, 0.5) is 0 Å². The van der Waals surface area contributed by atoms with Gasteiger partial charge in [0.15, 0.2) is 0 Å². The summed E-state index contributed by atoms with van der Waals surface area (Å²) < 4.78 is 5.10. The van der Waals surface area contributed by atoms with Crippen LogP contribution in [-0.2, 0) is 4.79 Å². The Morgan fingerprint density at radius 3 is 2.65 bits per heavy atom. The summed E-state index contributed by atoms with van der Waals surface area (Å²) >= 11 is 0. The molecule has 0 atom stereocenters. The number of amides is 1. The molecule has 0 spiro atoms. The summed E-state index contributed by atoms with van der Waals surface area (Å²) in [5, 5.41) is 8.76. The number of rotatable bonds is 8. The van der Waals surface area contributed by atoms with E-state index in [1.165, 1.54) is 0 Å². The molecule has 0 radical (unpaired) electrons. The first-order valence-corrected chi connectivity index (χ1v) is 6.73. The molecule has 0 aliphatic heterocycles. The minimum Gasteiger partial charge on any atom is -0.497 e. The van der Waals surface area contributed by atoms with Crippen LogP contribution >= 0.6 is 0 Å². The van der Waals surface area contributed by atoms with Crippen LogP contribution in [0.1, 0.15) is 36.5 Å². The Morgan fingerprint density at radius 1 is 1.30 bits per heavy atom. The maximum absolute atomic E-state index is 12.4. The molecular weight excluding hydrogens is 258 g/mol. The second kappa shape index (κ2) is 8.19. The summed E-state index contributed by atoms with van der Waals surface area (Å²) in [6.45, 7) is 2.83. The molecule has 1 N–H and O–H groups in total. The quantitative estimate of drug-likeness (QED) is 0.793. The third kappa shape index (κ3) is 4.91. The van der Waals surface area contributed by atoms with Crippen molar-refractivity contribution >= 4 is 11.9 Å². The number of carbonyl (C=O) groups excluding carboxylic acids is 1. The lowest BCUT2D eigenvalue weighted by atomic mass is 10.1. The van der Waals surface area contributed by atoms with Crippen LogP contribution in [0.2, 0.25) is 0 Å². The van der Waals surface area contributed by atoms with Crippen LogP contribution in [0.5, 0.6) is 5.75 Å². The van der Waals surface area contributed by atoms with Crippen molar-refractivity contribution in [2.75, 3.05) is 20.2 Å². The summed E-state index contributed by atoms with van der Waals surface area (Å²) in [6, 6.07) is 6.90. The zero-order valence-electron chi connectivity index (χ0n) is 12.0. The van der Waals surface area contributed by atoms with Gasteiger partial charge in [-0.3, -0.25) is 9.59 Å². The van der Waals surface area contributed by atoms with Crippen molar-refractivity contribution in [2.24, 2.45) is 0 Å². The highest BCUT2D eigenvalue weighted by molar-refractivity contribution is 5.94. The number of hydrogen-bond acceptors (Lipinski definition) is 3. The van der Waals surface area contributed by atoms with Crippen LogP contribution in [0.15, 0.2) is 24.3 Å². The van der Waals surface area contributed by atoms with E-state index in [9.17, 15) is 9.59 Å². The Balaban J connectivity index is 2.81. The lowest BCUT2D eigenvalue weighted by molar-refractivity contribution is -0.137. The van der Waals surface area contributed by atoms with Gasteiger partial charge in [-0.25, -0.2) is 0 Å². The van der Waals surface area contributed by atoms with Crippen LogP contribution in [-0.4, -0.2) is 42.1 Å². The number of unbranched alkanes of at least 4 members (excludes halogenated alkanes) is 1. The van der Waals surface area contributed by atoms with Crippen LogP contribution < -0.4 is 4.74 Å². The van der Waals surface area contributed by atoms with Gasteiger partial charge in [0.25, 0.3) is 5.91 Å². The summed E-state index contributed by atoms with van der Waals surface area (Å²) in [5.74, 6) is -0.437. The largest absolute Gasteiger partial charge is 0.497 e. The molecule has 0 saturated heterocycles. The second-order valence-corrected chi connectivity index (χ2v) is 4.52. The van der Waals surface area contributed by atoms with Gasteiger partial charge in [0.1, 0.15) is 5.75 Å². The molecule has 1 aromatic rings. The van der Waals surface area contributed by atoms with Crippen LogP contribution in [0.25, 0.3) is 0 Å². The Labute approximate surface area is 119 Å². The Hall–Kier alpha value is -2.04. The van der Waals surface area contributed by atoms with Gasteiger partial charge in [0, 0.05) is 18.7 Å². The average Bonchev–Trinajstić information content (AvgIpc) is 2.46. The standard InChI is InChI=1S/C15H21NO4/c1-3-4-9-16(10-8-14(17)18)15(19)12-6-5-7-13(11-12)20-2/h5-7,11H,3-4,8-10H2,1-2H3,(H,17,18). The molecule has 0 heterocycles. The predicted molar refractivity (Wildman–Crippen MR) is 76.1 cm³/mol. The monoisotopic (exact) mass is 279 g/mol. The molecule has 1 aromatic carbocycles. The molecule has 0 unspecified atom stereocenters. The maximum Gasteiger partial charge on any atom is 0.305 e. The number of aliphatic carboxylic acids is 1. The predicted octanol–water partition coefficient (Wildman–Crippen LogP) is 2.41. The zero-order chi connectivity index (χ0) is 15.0. The first-order valence-electron chi connectivity index (χ1n) is 6.73. The number of carboxylic acid groups (broad SMARTS) is 1. The molecule has 0 aliphatic carbocycles. The van der Waals surface area contributed by atoms with Gasteiger partial charge < -0.3 is 14.7 Å². The third-order valence-corrected chi connectivity index (χ3v) is 2.98. The number of carbonyl (C=O) groups is 2. The van der Waals surface area contributed by atoms with E-state index in [4.69, 9.17) is 9.84 Å². The summed E-state index contributed by atoms with van der Waals surface area (Å²) in [4.78, 5) is 24.7. The van der Waals surface area contributed by atoms with E-state index in [0.717, 1.165) is 12.8 Å². The van der Waals surface area contributed by atoms with E-state index in [1.807, 2.05) is 6.92 Å². The molecule has 5 nitrogen and oxygen atoms in total. The third-order valence-electron chi connectivity index (χ3n) is 2.98. The summed E-state index contributed by atoms with van der Waals surface area (Å²) in [6.07, 6.45) is 1.77. The molecule has 5 heteroatoms. The number of ether oxygens (including phenoxy) is 1. The van der Waals surface area contributed by atoms with Gasteiger partial charge in [0.2, 0.25) is 0 Å². The zero-order valence-corrected chi connectivity index (χ0v) is 12.0. The van der Waals surface area contributed by atoms with Crippen molar-refractivity contribution < 1.29 is 19.4 Å². The molecule has 0 aromatic heterocycles. The number of nitrogens with zero attached hydrogens (tertiary/aromatic N) is 1. The van der Waals surface area contributed by atoms with Gasteiger partial charge in [-0.15, -0.1) is 0 Å². The number of methoxy groups -OCH3 is 1. The van der Waals surface area contributed by atoms with E-state index < -0.39 is 5.97 Å². The fraction of sp³-hybridized carbons (Fsp3) is 0.467. The number of benzene rings is 1. The number of hydrogen-bond donors (Lipinski definition) is 1. The van der Waals surface area contributed by atoms with E-state index in [0.29, 0.717) is 17.9 Å².